The average molecular weight is 312 g/mol. The number of carbonyl (C=O) groups is 1. The summed E-state index contributed by atoms with van der Waals surface area (Å²) in [5.74, 6) is -1.07. The average Bonchev–Trinajstić information content (AvgIpc) is 3.17. The second kappa shape index (κ2) is 4.49. The predicted molar refractivity (Wildman–Crippen MR) is 74.1 cm³/mol. The molecule has 0 amide bonds. The third kappa shape index (κ3) is 2.18. The Morgan fingerprint density at radius 2 is 2.15 bits per heavy atom. The van der Waals surface area contributed by atoms with E-state index in [1.165, 1.54) is 24.3 Å². The van der Waals surface area contributed by atoms with E-state index in [9.17, 15) is 13.2 Å². The Kier molecular flexibility index (Phi) is 3.02. The minimum Gasteiger partial charge on any atom is -0.476 e. The third-order valence-corrected chi connectivity index (χ3v) is 6.08. The van der Waals surface area contributed by atoms with Crippen molar-refractivity contribution in [2.75, 3.05) is 5.75 Å². The molecule has 1 aliphatic carbocycles. The van der Waals surface area contributed by atoms with E-state index in [1.807, 2.05) is 0 Å². The van der Waals surface area contributed by atoms with Gasteiger partial charge in [0.05, 0.1) is 10.8 Å². The maximum Gasteiger partial charge on any atom is 0.355 e. The van der Waals surface area contributed by atoms with Gasteiger partial charge in [0, 0.05) is 5.92 Å². The first kappa shape index (κ1) is 13.4. The van der Waals surface area contributed by atoms with Crippen LogP contribution < -0.4 is 0 Å². The Hall–Kier alpha value is -1.54. The van der Waals surface area contributed by atoms with Crippen molar-refractivity contribution in [3.8, 4) is 0 Å². The fourth-order valence-corrected chi connectivity index (χ4v) is 4.03. The number of carboxylic acid groups (broad SMARTS) is 1. The summed E-state index contributed by atoms with van der Waals surface area (Å²) in [6.07, 6.45) is 2.15. The summed E-state index contributed by atoms with van der Waals surface area (Å²) in [5.41, 5.74) is 0.0549. The lowest BCUT2D eigenvalue weighted by molar-refractivity contribution is 0.0686. The lowest BCUT2D eigenvalue weighted by atomic mass is 10.3. The zero-order chi connectivity index (χ0) is 14.5. The molecule has 0 bridgehead atoms. The van der Waals surface area contributed by atoms with Gasteiger partial charge in [0.1, 0.15) is 15.2 Å². The Bertz CT molecular complexity index is 806. The van der Waals surface area contributed by atoms with Gasteiger partial charge in [-0.05, 0) is 18.9 Å². The first-order valence-corrected chi connectivity index (χ1v) is 8.66. The summed E-state index contributed by atoms with van der Waals surface area (Å²) in [4.78, 5) is 19.9. The number of fused-ring (bicyclic) bond motifs is 1. The second-order valence-corrected chi connectivity index (χ2v) is 7.95. The number of carboxylic acids is 1. The van der Waals surface area contributed by atoms with E-state index < -0.39 is 21.5 Å². The van der Waals surface area contributed by atoms with Gasteiger partial charge in [0.25, 0.3) is 0 Å². The molecule has 1 aliphatic rings. The van der Waals surface area contributed by atoms with Crippen molar-refractivity contribution in [3.05, 3.63) is 16.8 Å². The van der Waals surface area contributed by atoms with Gasteiger partial charge >= 0.3 is 5.97 Å². The summed E-state index contributed by atoms with van der Waals surface area (Å²) < 4.78 is 24.0. The van der Waals surface area contributed by atoms with E-state index in [1.54, 1.807) is 0 Å². The molecule has 1 saturated carbocycles. The van der Waals surface area contributed by atoms with Crippen molar-refractivity contribution in [3.63, 3.8) is 0 Å². The van der Waals surface area contributed by atoms with Gasteiger partial charge < -0.3 is 5.11 Å². The van der Waals surface area contributed by atoms with Crippen LogP contribution in [0.25, 0.3) is 10.3 Å². The number of aromatic carboxylic acids is 1. The number of rotatable bonds is 4. The first-order chi connectivity index (χ1) is 9.42. The fourth-order valence-electron chi connectivity index (χ4n) is 1.91. The summed E-state index contributed by atoms with van der Waals surface area (Å²) in [6.45, 7) is 1.47. The molecule has 0 saturated heterocycles. The van der Waals surface area contributed by atoms with Crippen molar-refractivity contribution in [1.29, 1.82) is 0 Å². The molecule has 1 fully saturated rings. The van der Waals surface area contributed by atoms with Gasteiger partial charge in [-0.2, -0.15) is 0 Å². The highest BCUT2D eigenvalue weighted by atomic mass is 32.2. The summed E-state index contributed by atoms with van der Waals surface area (Å²) in [7, 11) is -3.64. The van der Waals surface area contributed by atoms with Gasteiger partial charge in [-0.15, -0.1) is 0 Å². The minimum atomic E-state index is -3.64. The van der Waals surface area contributed by atoms with Crippen molar-refractivity contribution < 1.29 is 18.3 Å². The molecule has 6 nitrogen and oxygen atoms in total. The van der Waals surface area contributed by atoms with Crippen LogP contribution in [0.15, 0.2) is 11.0 Å². The molecule has 2 aromatic rings. The summed E-state index contributed by atoms with van der Waals surface area (Å²) in [5, 5.41) is 10.1. The molecule has 2 heterocycles. The molecule has 0 atom stereocenters. The Balaban J connectivity index is 2.26. The van der Waals surface area contributed by atoms with Gasteiger partial charge in [-0.1, -0.05) is 18.3 Å². The van der Waals surface area contributed by atoms with Crippen LogP contribution in [0.2, 0.25) is 0 Å². The number of nitrogens with zero attached hydrogens (tertiary/aromatic N) is 2. The second-order valence-electron chi connectivity index (χ2n) is 4.69. The largest absolute Gasteiger partial charge is 0.476 e. The van der Waals surface area contributed by atoms with Crippen LogP contribution >= 0.6 is 11.3 Å². The van der Waals surface area contributed by atoms with Crippen molar-refractivity contribution in [2.45, 2.75) is 30.6 Å². The third-order valence-electron chi connectivity index (χ3n) is 3.21. The molecule has 0 unspecified atom stereocenters. The molecule has 0 aromatic carbocycles. The van der Waals surface area contributed by atoms with E-state index >= 15 is 0 Å². The number of sulfone groups is 1. The Morgan fingerprint density at radius 3 is 2.70 bits per heavy atom. The minimum absolute atomic E-state index is 0.167. The zero-order valence-electron chi connectivity index (χ0n) is 10.7. The van der Waals surface area contributed by atoms with Crippen LogP contribution in [0.1, 0.15) is 41.2 Å². The molecule has 2 aromatic heterocycles. The van der Waals surface area contributed by atoms with E-state index in [-0.39, 0.29) is 10.6 Å². The topological polar surface area (TPSA) is 97.2 Å². The lowest BCUT2D eigenvalue weighted by Crippen LogP contribution is -2.12. The zero-order valence-corrected chi connectivity index (χ0v) is 12.3. The Morgan fingerprint density at radius 1 is 1.45 bits per heavy atom. The number of hydrogen-bond donors (Lipinski definition) is 1. The highest BCUT2D eigenvalue weighted by Gasteiger charge is 2.29. The number of aromatic nitrogens is 2. The summed E-state index contributed by atoms with van der Waals surface area (Å²) in [6, 6.07) is 1.34. The van der Waals surface area contributed by atoms with Crippen LogP contribution in [0.5, 0.6) is 0 Å². The van der Waals surface area contributed by atoms with Crippen molar-refractivity contribution in [1.82, 2.24) is 9.97 Å². The van der Waals surface area contributed by atoms with Gasteiger partial charge in [-0.3, -0.25) is 0 Å². The van der Waals surface area contributed by atoms with Crippen LogP contribution in [0, 0.1) is 0 Å². The summed E-state index contributed by atoms with van der Waals surface area (Å²) >= 11 is 1.35. The molecule has 106 valence electrons. The normalized spacial score (nSPS) is 15.7. The predicted octanol–water partition coefficient (Wildman–Crippen LogP) is 2.06. The van der Waals surface area contributed by atoms with Crippen LogP contribution in [0.3, 0.4) is 0 Å². The molecule has 0 radical (unpaired) electrons. The number of pyridine rings is 1. The lowest BCUT2D eigenvalue weighted by Gasteiger charge is -2.04. The number of thiazole rings is 1. The Labute approximate surface area is 119 Å². The maximum atomic E-state index is 12.0. The van der Waals surface area contributed by atoms with Gasteiger partial charge in [-0.25, -0.2) is 23.2 Å². The SMILES string of the molecule is CCS(=O)(=O)c1cc2nc(C3CC3)sc2nc1C(=O)O. The van der Waals surface area contributed by atoms with Crippen LogP contribution in [-0.4, -0.2) is 35.2 Å². The quantitative estimate of drug-likeness (QED) is 0.928. The smallest absolute Gasteiger partial charge is 0.355 e. The van der Waals surface area contributed by atoms with E-state index in [0.717, 1.165) is 17.8 Å². The highest BCUT2D eigenvalue weighted by molar-refractivity contribution is 7.91. The van der Waals surface area contributed by atoms with E-state index in [4.69, 9.17) is 5.11 Å². The first-order valence-electron chi connectivity index (χ1n) is 6.20. The fraction of sp³-hybridized carbons (Fsp3) is 0.417. The van der Waals surface area contributed by atoms with Gasteiger partial charge in [0.15, 0.2) is 15.5 Å². The van der Waals surface area contributed by atoms with Crippen molar-refractivity contribution in [2.24, 2.45) is 0 Å². The molecular formula is C12H12N2O4S2. The van der Waals surface area contributed by atoms with Crippen molar-refractivity contribution >= 4 is 37.5 Å². The molecule has 1 N–H and O–H groups in total. The molecule has 0 spiro atoms. The molecule has 3 rings (SSSR count). The highest BCUT2D eigenvalue weighted by Crippen LogP contribution is 2.43. The van der Waals surface area contributed by atoms with Gasteiger partial charge in [0.2, 0.25) is 0 Å². The standard InChI is InChI=1S/C12H12N2O4S2/c1-2-20(17,18)8-5-7-11(14-9(8)12(15)16)19-10(13-7)6-3-4-6/h5-6H,2-4H2,1H3,(H,15,16). The molecular weight excluding hydrogens is 300 g/mol. The van der Waals surface area contributed by atoms with Crippen LogP contribution in [-0.2, 0) is 9.84 Å². The monoisotopic (exact) mass is 312 g/mol. The van der Waals surface area contributed by atoms with E-state index in [2.05, 4.69) is 9.97 Å². The molecule has 20 heavy (non-hydrogen) atoms. The molecule has 8 heteroatoms. The van der Waals surface area contributed by atoms with Crippen LogP contribution in [0.4, 0.5) is 0 Å². The number of hydrogen-bond acceptors (Lipinski definition) is 6. The molecule has 0 aliphatic heterocycles. The maximum absolute atomic E-state index is 12.0. The van der Waals surface area contributed by atoms with E-state index in [0.29, 0.717) is 16.3 Å².